The number of carbonyl (C=O) groups excluding carboxylic acids is 3. The molecule has 1 N–H and O–H groups in total. The van der Waals surface area contributed by atoms with Crippen molar-refractivity contribution < 1.29 is 18.8 Å². The molecule has 7 heteroatoms. The third-order valence-corrected chi connectivity index (χ3v) is 4.66. The summed E-state index contributed by atoms with van der Waals surface area (Å²) in [4.78, 5) is 43.0. The second-order valence-electron chi connectivity index (χ2n) is 6.52. The van der Waals surface area contributed by atoms with Gasteiger partial charge < -0.3 is 9.73 Å². The monoisotopic (exact) mass is 375 g/mol. The number of rotatable bonds is 5. The van der Waals surface area contributed by atoms with Gasteiger partial charge in [-0.05, 0) is 48.9 Å². The van der Waals surface area contributed by atoms with Crippen LogP contribution in [0.1, 0.15) is 55.4 Å². The highest BCUT2D eigenvalue weighted by Crippen LogP contribution is 2.26. The van der Waals surface area contributed by atoms with Gasteiger partial charge in [0.2, 0.25) is 0 Å². The lowest BCUT2D eigenvalue weighted by Gasteiger charge is -2.14. The molecule has 0 aliphatic carbocycles. The minimum Gasteiger partial charge on any atom is -0.467 e. The van der Waals surface area contributed by atoms with E-state index in [0.717, 1.165) is 10.5 Å². The number of benzene rings is 1. The Bertz CT molecular complexity index is 1040. The van der Waals surface area contributed by atoms with Crippen LogP contribution in [0.15, 0.2) is 65.5 Å². The van der Waals surface area contributed by atoms with Gasteiger partial charge in [0.1, 0.15) is 5.76 Å². The first-order valence-corrected chi connectivity index (χ1v) is 8.78. The Morgan fingerprint density at radius 3 is 2.68 bits per heavy atom. The predicted molar refractivity (Wildman–Crippen MR) is 99.5 cm³/mol. The van der Waals surface area contributed by atoms with Crippen LogP contribution in [0.3, 0.4) is 0 Å². The topological polar surface area (TPSA) is 92.5 Å². The Hall–Kier alpha value is -3.74. The van der Waals surface area contributed by atoms with Gasteiger partial charge in [0.15, 0.2) is 0 Å². The van der Waals surface area contributed by atoms with E-state index >= 15 is 0 Å². The van der Waals surface area contributed by atoms with Gasteiger partial charge in [-0.1, -0.05) is 6.07 Å². The molecule has 7 nitrogen and oxygen atoms in total. The van der Waals surface area contributed by atoms with E-state index in [2.05, 4.69) is 10.3 Å². The average Bonchev–Trinajstić information content (AvgIpc) is 3.31. The average molecular weight is 375 g/mol. The van der Waals surface area contributed by atoms with Crippen molar-refractivity contribution in [2.75, 3.05) is 0 Å². The maximum atomic E-state index is 12.7. The molecule has 0 saturated heterocycles. The minimum absolute atomic E-state index is 0.0545. The number of nitrogens with zero attached hydrogens (tertiary/aromatic N) is 2. The molecule has 0 bridgehead atoms. The van der Waals surface area contributed by atoms with E-state index in [1.165, 1.54) is 18.4 Å². The maximum absolute atomic E-state index is 12.7. The molecule has 1 aromatic carbocycles. The predicted octanol–water partition coefficient (Wildman–Crippen LogP) is 2.96. The third kappa shape index (κ3) is 3.18. The Morgan fingerprint density at radius 1 is 1.14 bits per heavy atom. The van der Waals surface area contributed by atoms with Gasteiger partial charge in [-0.2, -0.15) is 0 Å². The molecule has 1 aliphatic heterocycles. The summed E-state index contributed by atoms with van der Waals surface area (Å²) < 4.78 is 5.22. The second-order valence-corrected chi connectivity index (χ2v) is 6.52. The second kappa shape index (κ2) is 7.11. The zero-order valence-electron chi connectivity index (χ0n) is 15.1. The summed E-state index contributed by atoms with van der Waals surface area (Å²) >= 11 is 0. The van der Waals surface area contributed by atoms with Gasteiger partial charge in [-0.15, -0.1) is 0 Å². The van der Waals surface area contributed by atoms with E-state index in [0.29, 0.717) is 11.3 Å². The van der Waals surface area contributed by atoms with Gasteiger partial charge in [0.05, 0.1) is 30.0 Å². The van der Waals surface area contributed by atoms with Gasteiger partial charge in [-0.3, -0.25) is 24.3 Å². The first-order valence-electron chi connectivity index (χ1n) is 8.78. The smallest absolute Gasteiger partial charge is 0.261 e. The summed E-state index contributed by atoms with van der Waals surface area (Å²) in [6, 6.07) is 11.3. The summed E-state index contributed by atoms with van der Waals surface area (Å²) in [6.45, 7) is 1.90. The molecule has 2 aromatic heterocycles. The first-order chi connectivity index (χ1) is 13.5. The van der Waals surface area contributed by atoms with Crippen LogP contribution in [0, 0.1) is 0 Å². The zero-order valence-corrected chi connectivity index (χ0v) is 15.1. The largest absolute Gasteiger partial charge is 0.467 e. The Balaban J connectivity index is 1.53. The number of hydrogen-bond donors (Lipinski definition) is 1. The van der Waals surface area contributed by atoms with Crippen molar-refractivity contribution in [2.24, 2.45) is 0 Å². The lowest BCUT2D eigenvalue weighted by atomic mass is 10.0. The number of hydrogen-bond acceptors (Lipinski definition) is 5. The molecular formula is C21H17N3O4. The molecule has 1 unspecified atom stereocenters. The van der Waals surface area contributed by atoms with Crippen LogP contribution in [0.4, 0.5) is 0 Å². The van der Waals surface area contributed by atoms with E-state index in [9.17, 15) is 14.4 Å². The highest BCUT2D eigenvalue weighted by molar-refractivity contribution is 6.22. The summed E-state index contributed by atoms with van der Waals surface area (Å²) in [5, 5.41) is 2.87. The number of amides is 3. The molecule has 4 rings (SSSR count). The van der Waals surface area contributed by atoms with Crippen molar-refractivity contribution in [2.45, 2.75) is 19.5 Å². The number of pyridine rings is 1. The molecule has 0 spiro atoms. The van der Waals surface area contributed by atoms with Crippen LogP contribution < -0.4 is 5.32 Å². The number of imide groups is 1. The molecule has 0 radical (unpaired) electrons. The Kier molecular flexibility index (Phi) is 4.49. The van der Waals surface area contributed by atoms with Crippen molar-refractivity contribution in [3.8, 4) is 0 Å². The highest BCUT2D eigenvalue weighted by Gasteiger charge is 2.36. The number of carbonyl (C=O) groups is 3. The van der Waals surface area contributed by atoms with Crippen LogP contribution >= 0.6 is 0 Å². The lowest BCUT2D eigenvalue weighted by Crippen LogP contribution is -2.29. The fraction of sp³-hybridized carbons (Fsp3) is 0.143. The highest BCUT2D eigenvalue weighted by atomic mass is 16.3. The molecule has 1 atom stereocenters. The number of aromatic nitrogens is 1. The molecule has 3 amide bonds. The van der Waals surface area contributed by atoms with Crippen LogP contribution in [-0.2, 0) is 6.54 Å². The van der Waals surface area contributed by atoms with E-state index in [1.54, 1.807) is 36.7 Å². The molecule has 140 valence electrons. The first kappa shape index (κ1) is 17.7. The van der Waals surface area contributed by atoms with Crippen LogP contribution in [0.5, 0.6) is 0 Å². The van der Waals surface area contributed by atoms with Gasteiger partial charge in [-0.25, -0.2) is 0 Å². The number of nitrogens with one attached hydrogen (secondary N) is 1. The van der Waals surface area contributed by atoms with Gasteiger partial charge >= 0.3 is 0 Å². The number of fused-ring (bicyclic) bond motifs is 1. The van der Waals surface area contributed by atoms with E-state index in [4.69, 9.17) is 4.42 Å². The SMILES string of the molecule is CC(NC(=O)c1ccc2c(c1)C(=O)N(Cc1ccco1)C2=O)c1cccnc1. The fourth-order valence-corrected chi connectivity index (χ4v) is 3.13. The van der Waals surface area contributed by atoms with Crippen LogP contribution in [-0.4, -0.2) is 27.6 Å². The van der Waals surface area contributed by atoms with E-state index in [-0.39, 0.29) is 29.6 Å². The van der Waals surface area contributed by atoms with Crippen LogP contribution in [0.25, 0.3) is 0 Å². The molecule has 0 fully saturated rings. The van der Waals surface area contributed by atoms with Crippen molar-refractivity contribution >= 4 is 17.7 Å². The molecule has 1 aliphatic rings. The molecule has 3 aromatic rings. The molecule has 0 saturated carbocycles. The Labute approximate surface area is 161 Å². The molecule has 28 heavy (non-hydrogen) atoms. The minimum atomic E-state index is -0.439. The summed E-state index contributed by atoms with van der Waals surface area (Å²) in [7, 11) is 0. The van der Waals surface area contributed by atoms with E-state index < -0.39 is 11.8 Å². The molecular weight excluding hydrogens is 358 g/mol. The summed E-state index contributed by atoms with van der Waals surface area (Å²) in [6.07, 6.45) is 4.83. The summed E-state index contributed by atoms with van der Waals surface area (Å²) in [5.41, 5.74) is 1.69. The standard InChI is InChI=1S/C21H17N3O4/c1-13(15-4-2-8-22-11-15)23-19(25)14-6-7-17-18(10-14)21(27)24(20(17)26)12-16-5-3-9-28-16/h2-11,13H,12H2,1H3,(H,23,25). The van der Waals surface area contributed by atoms with Crippen molar-refractivity contribution in [1.82, 2.24) is 15.2 Å². The third-order valence-electron chi connectivity index (χ3n) is 4.66. The quantitative estimate of drug-likeness (QED) is 0.692. The van der Waals surface area contributed by atoms with Gasteiger partial charge in [0, 0.05) is 18.0 Å². The lowest BCUT2D eigenvalue weighted by molar-refractivity contribution is 0.0631. The van der Waals surface area contributed by atoms with Crippen molar-refractivity contribution in [3.63, 3.8) is 0 Å². The van der Waals surface area contributed by atoms with Gasteiger partial charge in [0.25, 0.3) is 17.7 Å². The zero-order chi connectivity index (χ0) is 19.7. The fourth-order valence-electron chi connectivity index (χ4n) is 3.13. The maximum Gasteiger partial charge on any atom is 0.261 e. The normalized spacial score (nSPS) is 14.1. The number of furan rings is 1. The molecule has 3 heterocycles. The van der Waals surface area contributed by atoms with Crippen molar-refractivity contribution in [3.05, 3.63) is 89.1 Å². The van der Waals surface area contributed by atoms with Crippen LogP contribution in [0.2, 0.25) is 0 Å². The van der Waals surface area contributed by atoms with Crippen molar-refractivity contribution in [1.29, 1.82) is 0 Å². The summed E-state index contributed by atoms with van der Waals surface area (Å²) in [5.74, 6) is -0.653. The Morgan fingerprint density at radius 2 is 1.96 bits per heavy atom. The van der Waals surface area contributed by atoms with E-state index in [1.807, 2.05) is 13.0 Å².